The summed E-state index contributed by atoms with van der Waals surface area (Å²) < 4.78 is 23.5. The van der Waals surface area contributed by atoms with Gasteiger partial charge in [0, 0.05) is 17.0 Å². The molecule has 0 aliphatic carbocycles. The first-order chi connectivity index (χ1) is 15.9. The zero-order chi connectivity index (χ0) is 22.9. The third-order valence-corrected chi connectivity index (χ3v) is 6.25. The molecule has 0 atom stereocenters. The van der Waals surface area contributed by atoms with E-state index < -0.39 is 0 Å². The van der Waals surface area contributed by atoms with Gasteiger partial charge in [0.25, 0.3) is 0 Å². The van der Waals surface area contributed by atoms with Crippen LogP contribution in [0.1, 0.15) is 22.2 Å². The number of aromatic nitrogens is 6. The zero-order valence-electron chi connectivity index (χ0n) is 17.4. The minimum absolute atomic E-state index is 0.0635. The van der Waals surface area contributed by atoms with Crippen molar-refractivity contribution in [3.63, 3.8) is 0 Å². The van der Waals surface area contributed by atoms with Crippen molar-refractivity contribution in [3.8, 4) is 11.7 Å². The molecule has 0 amide bonds. The molecule has 0 radical (unpaired) electrons. The van der Waals surface area contributed by atoms with E-state index in [1.54, 1.807) is 36.5 Å². The van der Waals surface area contributed by atoms with Gasteiger partial charge in [-0.2, -0.15) is 14.6 Å². The van der Waals surface area contributed by atoms with Crippen LogP contribution in [0.25, 0.3) is 16.0 Å². The molecule has 2 aromatic carbocycles. The summed E-state index contributed by atoms with van der Waals surface area (Å²) >= 11 is 4.94. The highest BCUT2D eigenvalue weighted by molar-refractivity contribution is 9.10. The molecule has 5 rings (SSSR count). The van der Waals surface area contributed by atoms with Crippen LogP contribution in [0, 0.1) is 12.7 Å². The third kappa shape index (κ3) is 4.69. The molecule has 0 saturated carbocycles. The number of nitrogens with zero attached hydrogens (tertiary/aromatic N) is 6. The van der Waals surface area contributed by atoms with Gasteiger partial charge in [-0.15, -0.1) is 16.4 Å². The first-order valence-electron chi connectivity index (χ1n) is 9.93. The highest BCUT2D eigenvalue weighted by Crippen LogP contribution is 2.24. The van der Waals surface area contributed by atoms with Crippen LogP contribution >= 0.6 is 27.3 Å². The van der Waals surface area contributed by atoms with Crippen LogP contribution in [0.3, 0.4) is 0 Å². The fraction of sp³-hybridized carbons (Fsp3) is 0.136. The number of aryl methyl sites for hydroxylation is 1. The number of thiazole rings is 1. The lowest BCUT2D eigenvalue weighted by Crippen LogP contribution is -2.09. The topological polar surface area (TPSA) is 105 Å². The Morgan fingerprint density at radius 1 is 1.09 bits per heavy atom. The van der Waals surface area contributed by atoms with Crippen LogP contribution in [0.4, 0.5) is 10.3 Å². The molecule has 2 N–H and O–H groups in total. The van der Waals surface area contributed by atoms with Gasteiger partial charge >= 0.3 is 0 Å². The molecular formula is C22H17BrFN7OS. The van der Waals surface area contributed by atoms with Gasteiger partial charge in [-0.05, 0) is 42.8 Å². The van der Waals surface area contributed by atoms with E-state index in [1.807, 2.05) is 24.3 Å². The van der Waals surface area contributed by atoms with Crippen molar-refractivity contribution in [2.45, 2.75) is 20.0 Å². The van der Waals surface area contributed by atoms with E-state index in [-0.39, 0.29) is 24.8 Å². The van der Waals surface area contributed by atoms with Gasteiger partial charge in [0.05, 0.1) is 10.2 Å². The maximum absolute atomic E-state index is 14.3. The average Bonchev–Trinajstić information content (AvgIpc) is 3.37. The smallest absolute Gasteiger partial charge is 0.240 e. The predicted molar refractivity (Wildman–Crippen MR) is 127 cm³/mol. The van der Waals surface area contributed by atoms with Crippen molar-refractivity contribution < 1.29 is 9.13 Å². The summed E-state index contributed by atoms with van der Waals surface area (Å²) in [7, 11) is 0. The van der Waals surface area contributed by atoms with Crippen LogP contribution in [-0.2, 0) is 13.0 Å². The van der Waals surface area contributed by atoms with E-state index in [1.165, 1.54) is 10.7 Å². The molecular weight excluding hydrogens is 509 g/mol. The summed E-state index contributed by atoms with van der Waals surface area (Å²) in [5.74, 6) is 1.45. The molecule has 5 aromatic rings. The van der Waals surface area contributed by atoms with E-state index >= 15 is 0 Å². The second-order valence-electron chi connectivity index (χ2n) is 7.19. The first kappa shape index (κ1) is 21.4. The number of fused-ring (bicyclic) bond motifs is 1. The Balaban J connectivity index is 1.42. The quantitative estimate of drug-likeness (QED) is 0.344. The third-order valence-electron chi connectivity index (χ3n) is 4.75. The Kier molecular flexibility index (Phi) is 5.73. The lowest BCUT2D eigenvalue weighted by molar-refractivity contribution is 0.292. The number of anilines is 1. The van der Waals surface area contributed by atoms with E-state index in [0.717, 1.165) is 19.7 Å². The molecule has 0 bridgehead atoms. The largest absolute Gasteiger partial charge is 0.470 e. The molecule has 3 heterocycles. The maximum atomic E-state index is 14.3. The van der Waals surface area contributed by atoms with Gasteiger partial charge in [0.2, 0.25) is 11.8 Å². The second kappa shape index (κ2) is 8.83. The SMILES string of the molecule is Cc1nc(OCc2nc3ccccc3s2)cc(-n2nc(N)nc2Cc2cc(Br)ccc2F)n1. The summed E-state index contributed by atoms with van der Waals surface area (Å²) in [6.45, 7) is 2.02. The van der Waals surface area contributed by atoms with Crippen LogP contribution in [0.5, 0.6) is 5.88 Å². The highest BCUT2D eigenvalue weighted by Gasteiger charge is 2.16. The zero-order valence-corrected chi connectivity index (χ0v) is 19.8. The normalized spacial score (nSPS) is 11.2. The Bertz CT molecular complexity index is 1440. The van der Waals surface area contributed by atoms with Crippen molar-refractivity contribution in [3.05, 3.63) is 81.0 Å². The molecule has 33 heavy (non-hydrogen) atoms. The summed E-state index contributed by atoms with van der Waals surface area (Å²) in [5, 5.41) is 5.09. The number of hydrogen-bond donors (Lipinski definition) is 1. The molecule has 0 spiro atoms. The van der Waals surface area contributed by atoms with Crippen molar-refractivity contribution in [2.24, 2.45) is 0 Å². The Morgan fingerprint density at radius 3 is 2.79 bits per heavy atom. The number of para-hydroxylation sites is 1. The predicted octanol–water partition coefficient (Wildman–Crippen LogP) is 4.63. The van der Waals surface area contributed by atoms with Gasteiger partial charge in [0.15, 0.2) is 5.82 Å². The first-order valence-corrected chi connectivity index (χ1v) is 11.5. The summed E-state index contributed by atoms with van der Waals surface area (Å²) in [6.07, 6.45) is 0.181. The van der Waals surface area contributed by atoms with Crippen LogP contribution in [-0.4, -0.2) is 29.7 Å². The van der Waals surface area contributed by atoms with Crippen LogP contribution in [0.15, 0.2) is 53.0 Å². The van der Waals surface area contributed by atoms with Gasteiger partial charge in [-0.25, -0.2) is 14.4 Å². The number of hydrogen-bond acceptors (Lipinski definition) is 8. The molecule has 0 fully saturated rings. The number of rotatable bonds is 6. The standard InChI is InChI=1S/C22H17BrFN7OS/c1-12-26-19(10-20(27-12)32-11-21-28-16-4-2-3-5-17(16)33-21)31-18(29-22(25)30-31)9-13-8-14(23)6-7-15(13)24/h2-8,10H,9,11H2,1H3,(H2,25,30). The lowest BCUT2D eigenvalue weighted by Gasteiger charge is -2.09. The Labute approximate surface area is 200 Å². The molecule has 0 saturated heterocycles. The lowest BCUT2D eigenvalue weighted by atomic mass is 10.1. The number of nitrogens with two attached hydrogens (primary N) is 1. The van der Waals surface area contributed by atoms with Gasteiger partial charge in [-0.3, -0.25) is 0 Å². The number of benzene rings is 2. The molecule has 0 aliphatic heterocycles. The van der Waals surface area contributed by atoms with Crippen LogP contribution < -0.4 is 10.5 Å². The number of nitrogen functional groups attached to an aromatic ring is 1. The van der Waals surface area contributed by atoms with Crippen molar-refractivity contribution in [1.82, 2.24) is 29.7 Å². The molecule has 166 valence electrons. The van der Waals surface area contributed by atoms with Crippen molar-refractivity contribution in [1.29, 1.82) is 0 Å². The Morgan fingerprint density at radius 2 is 1.94 bits per heavy atom. The number of ether oxygens (including phenoxy) is 1. The van der Waals surface area contributed by atoms with Crippen molar-refractivity contribution >= 4 is 43.4 Å². The van der Waals surface area contributed by atoms with Gasteiger partial charge < -0.3 is 10.5 Å². The minimum atomic E-state index is -0.343. The van der Waals surface area contributed by atoms with E-state index in [0.29, 0.717) is 28.9 Å². The summed E-state index contributed by atoms with van der Waals surface area (Å²) in [4.78, 5) is 17.7. The highest BCUT2D eigenvalue weighted by atomic mass is 79.9. The minimum Gasteiger partial charge on any atom is -0.470 e. The summed E-state index contributed by atoms with van der Waals surface area (Å²) in [5.41, 5.74) is 7.25. The number of halogens is 2. The fourth-order valence-corrected chi connectivity index (χ4v) is 4.62. The molecule has 3 aromatic heterocycles. The monoisotopic (exact) mass is 525 g/mol. The Hall–Kier alpha value is -3.44. The van der Waals surface area contributed by atoms with Gasteiger partial charge in [0.1, 0.15) is 29.1 Å². The average molecular weight is 526 g/mol. The molecule has 11 heteroatoms. The van der Waals surface area contributed by atoms with E-state index in [4.69, 9.17) is 10.5 Å². The molecule has 0 unspecified atom stereocenters. The molecule has 0 aliphatic rings. The van der Waals surface area contributed by atoms with Gasteiger partial charge in [-0.1, -0.05) is 28.1 Å². The summed E-state index contributed by atoms with van der Waals surface area (Å²) in [6, 6.07) is 14.3. The van der Waals surface area contributed by atoms with Crippen molar-refractivity contribution in [2.75, 3.05) is 5.73 Å². The fourth-order valence-electron chi connectivity index (χ4n) is 3.33. The molecule has 8 nitrogen and oxygen atoms in total. The van der Waals surface area contributed by atoms with E-state index in [2.05, 4.69) is 41.0 Å². The van der Waals surface area contributed by atoms with Crippen LogP contribution in [0.2, 0.25) is 0 Å². The maximum Gasteiger partial charge on any atom is 0.240 e. The second-order valence-corrected chi connectivity index (χ2v) is 9.22. The van der Waals surface area contributed by atoms with E-state index in [9.17, 15) is 4.39 Å².